The fourth-order valence-electron chi connectivity index (χ4n) is 7.94. The molecule has 0 N–H and O–H groups in total. The van der Waals surface area contributed by atoms with E-state index >= 15 is 0 Å². The molecule has 0 amide bonds. The highest BCUT2D eigenvalue weighted by atomic mass is 32.1. The zero-order chi connectivity index (χ0) is 32.1. The first-order chi connectivity index (χ1) is 24.3. The van der Waals surface area contributed by atoms with Crippen LogP contribution in [0.3, 0.4) is 0 Å². The lowest BCUT2D eigenvalue weighted by Crippen LogP contribution is -1.89. The lowest BCUT2D eigenvalue weighted by molar-refractivity contribution is 1.46. The molecule has 0 fully saturated rings. The van der Waals surface area contributed by atoms with E-state index in [9.17, 15) is 0 Å². The Morgan fingerprint density at radius 3 is 1.31 bits per heavy atom. The van der Waals surface area contributed by atoms with Crippen molar-refractivity contribution in [3.8, 4) is 22.3 Å². The van der Waals surface area contributed by atoms with Crippen LogP contribution in [-0.2, 0) is 0 Å². The number of hydrogen-bond donors (Lipinski definition) is 0. The number of nitrogens with zero attached hydrogens (tertiary/aromatic N) is 2. The average molecular weight is 639 g/mol. The molecule has 0 radical (unpaired) electrons. The zero-order valence-electron chi connectivity index (χ0n) is 26.3. The largest absolute Gasteiger partial charge is 0.242 e. The topological polar surface area (TPSA) is 25.8 Å². The van der Waals surface area contributed by atoms with Gasteiger partial charge < -0.3 is 0 Å². The molecule has 0 saturated carbocycles. The van der Waals surface area contributed by atoms with Gasteiger partial charge in [0.1, 0.15) is 10.3 Å². The fourth-order valence-corrected chi connectivity index (χ4v) is 8.94. The van der Waals surface area contributed by atoms with E-state index in [-0.39, 0.29) is 0 Å². The summed E-state index contributed by atoms with van der Waals surface area (Å²) in [6, 6.07) is 57.3. The lowest BCUT2D eigenvalue weighted by atomic mass is 9.91. The first-order valence-electron chi connectivity index (χ1n) is 16.7. The Morgan fingerprint density at radius 2 is 0.714 bits per heavy atom. The molecule has 0 aliphatic heterocycles. The van der Waals surface area contributed by atoms with Crippen molar-refractivity contribution in [3.63, 3.8) is 0 Å². The third-order valence-electron chi connectivity index (χ3n) is 10.2. The summed E-state index contributed by atoms with van der Waals surface area (Å²) >= 11 is 1.72. The molecular weight excluding hydrogens is 613 g/mol. The molecule has 0 saturated heterocycles. The van der Waals surface area contributed by atoms with Gasteiger partial charge in [-0.2, -0.15) is 0 Å². The van der Waals surface area contributed by atoms with E-state index in [1.807, 2.05) is 0 Å². The molecule has 0 aliphatic carbocycles. The lowest BCUT2D eigenvalue weighted by Gasteiger charge is -2.12. The van der Waals surface area contributed by atoms with E-state index in [2.05, 4.69) is 158 Å². The first-order valence-corrected chi connectivity index (χ1v) is 17.5. The third-order valence-corrected chi connectivity index (χ3v) is 11.3. The average Bonchev–Trinajstić information content (AvgIpc) is 3.54. The maximum absolute atomic E-state index is 5.37. The predicted molar refractivity (Wildman–Crippen MR) is 211 cm³/mol. The minimum atomic E-state index is 0.963. The van der Waals surface area contributed by atoms with Gasteiger partial charge in [-0.3, -0.25) is 0 Å². The Kier molecular flexibility index (Phi) is 5.57. The maximum atomic E-state index is 5.37. The molecule has 2 heterocycles. The van der Waals surface area contributed by atoms with Gasteiger partial charge in [0.05, 0.1) is 11.0 Å². The van der Waals surface area contributed by atoms with Gasteiger partial charge in [0.15, 0.2) is 0 Å². The summed E-state index contributed by atoms with van der Waals surface area (Å²) in [5.41, 5.74) is 7.69. The van der Waals surface area contributed by atoms with Crippen molar-refractivity contribution in [2.24, 2.45) is 0 Å². The molecule has 0 bridgehead atoms. The van der Waals surface area contributed by atoms with Crippen molar-refractivity contribution in [1.82, 2.24) is 9.97 Å². The van der Waals surface area contributed by atoms with Crippen LogP contribution in [0.2, 0.25) is 0 Å². The predicted octanol–water partition coefficient (Wildman–Crippen LogP) is 13.1. The smallest absolute Gasteiger partial charge is 0.143 e. The summed E-state index contributed by atoms with van der Waals surface area (Å²) in [6.07, 6.45) is 0. The van der Waals surface area contributed by atoms with E-state index in [0.717, 1.165) is 37.5 Å². The molecule has 0 atom stereocenters. The third kappa shape index (κ3) is 3.94. The van der Waals surface area contributed by atoms with Crippen LogP contribution in [0, 0.1) is 0 Å². The minimum absolute atomic E-state index is 0.963. The molecule has 0 aliphatic rings. The molecule has 9 aromatic carbocycles. The van der Waals surface area contributed by atoms with Crippen LogP contribution in [0.15, 0.2) is 158 Å². The van der Waals surface area contributed by atoms with Crippen molar-refractivity contribution < 1.29 is 0 Å². The molecular formula is C46H26N2S. The van der Waals surface area contributed by atoms with Gasteiger partial charge in [0.2, 0.25) is 0 Å². The summed E-state index contributed by atoms with van der Waals surface area (Å²) in [6.45, 7) is 0. The second-order valence-electron chi connectivity index (χ2n) is 12.9. The fraction of sp³-hybridized carbons (Fsp3) is 0. The summed E-state index contributed by atoms with van der Waals surface area (Å²) in [5.74, 6) is 0. The number of hydrogen-bond acceptors (Lipinski definition) is 3. The van der Waals surface area contributed by atoms with Gasteiger partial charge >= 0.3 is 0 Å². The maximum Gasteiger partial charge on any atom is 0.143 e. The van der Waals surface area contributed by atoms with Gasteiger partial charge in [-0.1, -0.05) is 133 Å². The highest BCUT2D eigenvalue weighted by Crippen LogP contribution is 2.41. The minimum Gasteiger partial charge on any atom is -0.242 e. The highest BCUT2D eigenvalue weighted by Gasteiger charge is 2.16. The summed E-state index contributed by atoms with van der Waals surface area (Å²) in [7, 11) is 0. The van der Waals surface area contributed by atoms with Crippen LogP contribution >= 0.6 is 11.3 Å². The SMILES string of the molecule is c1cc(-c2ccc3c4ccccc4c4ccccc4c3c2)cc(-c2ccc3sc4nc5c6ccccc6c6ccccc6c5nc4c3c2)c1. The van der Waals surface area contributed by atoms with Gasteiger partial charge in [-0.15, -0.1) is 11.3 Å². The van der Waals surface area contributed by atoms with Crippen LogP contribution < -0.4 is 0 Å². The molecule has 2 aromatic heterocycles. The van der Waals surface area contributed by atoms with Crippen LogP contribution in [0.25, 0.3) is 108 Å². The highest BCUT2D eigenvalue weighted by molar-refractivity contribution is 7.25. The summed E-state index contributed by atoms with van der Waals surface area (Å²) < 4.78 is 1.20. The number of thiophene rings is 1. The molecule has 3 heteroatoms. The van der Waals surface area contributed by atoms with Crippen LogP contribution in [-0.4, -0.2) is 9.97 Å². The van der Waals surface area contributed by atoms with Crippen LogP contribution in [0.1, 0.15) is 0 Å². The Labute approximate surface area is 285 Å². The molecule has 11 rings (SSSR count). The first kappa shape index (κ1) is 26.9. The second kappa shape index (κ2) is 10.2. The monoisotopic (exact) mass is 638 g/mol. The van der Waals surface area contributed by atoms with E-state index in [0.29, 0.717) is 0 Å². The number of rotatable bonds is 2. The molecule has 0 unspecified atom stereocenters. The summed E-state index contributed by atoms with van der Waals surface area (Å²) in [4.78, 5) is 11.6. The standard InChI is InChI=1S/C46H26N2S/c1-2-14-33-31(12-1)32-13-3-4-17-36(32)40-25-29(20-22-37(33)40)27-10-9-11-28(24-27)30-21-23-42-41(26-30)45-46(49-42)48-44-39-19-8-6-16-35(39)34-15-5-7-18-38(34)43(44)47-45/h1-26H. The van der Waals surface area contributed by atoms with Crippen molar-refractivity contribution >= 4 is 96.7 Å². The second-order valence-corrected chi connectivity index (χ2v) is 13.9. The molecule has 49 heavy (non-hydrogen) atoms. The van der Waals surface area contributed by atoms with Crippen molar-refractivity contribution in [1.29, 1.82) is 0 Å². The molecule has 0 spiro atoms. The molecule has 11 aromatic rings. The number of benzene rings is 9. The molecule has 2 nitrogen and oxygen atoms in total. The zero-order valence-corrected chi connectivity index (χ0v) is 27.1. The van der Waals surface area contributed by atoms with E-state index in [1.165, 1.54) is 70.0 Å². The van der Waals surface area contributed by atoms with Gasteiger partial charge in [0.25, 0.3) is 0 Å². The number of fused-ring (bicyclic) bond motifs is 15. The summed E-state index contributed by atoms with van der Waals surface area (Å²) in [5, 5.41) is 13.6. The Balaban J connectivity index is 1.08. The Bertz CT molecular complexity index is 3140. The quantitative estimate of drug-likeness (QED) is 0.176. The van der Waals surface area contributed by atoms with Crippen molar-refractivity contribution in [2.45, 2.75) is 0 Å². The molecule has 226 valence electrons. The van der Waals surface area contributed by atoms with Crippen molar-refractivity contribution in [2.75, 3.05) is 0 Å². The van der Waals surface area contributed by atoms with Gasteiger partial charge in [-0.05, 0) is 89.6 Å². The normalized spacial score (nSPS) is 12.1. The van der Waals surface area contributed by atoms with Crippen molar-refractivity contribution in [3.05, 3.63) is 158 Å². The number of aromatic nitrogens is 2. The van der Waals surface area contributed by atoms with E-state index in [4.69, 9.17) is 9.97 Å². The van der Waals surface area contributed by atoms with Gasteiger partial charge in [0, 0.05) is 20.9 Å². The Hall–Kier alpha value is -6.16. The van der Waals surface area contributed by atoms with Gasteiger partial charge in [-0.25, -0.2) is 9.97 Å². The van der Waals surface area contributed by atoms with E-state index < -0.39 is 0 Å². The Morgan fingerprint density at radius 1 is 0.286 bits per heavy atom. The van der Waals surface area contributed by atoms with E-state index in [1.54, 1.807) is 11.3 Å². The van der Waals surface area contributed by atoms with Crippen LogP contribution in [0.5, 0.6) is 0 Å². The van der Waals surface area contributed by atoms with Crippen LogP contribution in [0.4, 0.5) is 0 Å².